The van der Waals surface area contributed by atoms with Crippen molar-refractivity contribution in [2.24, 2.45) is 0 Å². The lowest BCUT2D eigenvalue weighted by atomic mass is 10.1. The number of amides is 1. The topological polar surface area (TPSA) is 59.6 Å². The Morgan fingerprint density at radius 3 is 2.41 bits per heavy atom. The van der Waals surface area contributed by atoms with Crippen LogP contribution in [0.5, 0.6) is 11.5 Å². The van der Waals surface area contributed by atoms with Crippen molar-refractivity contribution in [2.75, 3.05) is 11.9 Å². The first-order valence-electron chi connectivity index (χ1n) is 10.7. The molecule has 0 atom stereocenters. The lowest BCUT2D eigenvalue weighted by Crippen LogP contribution is -2.34. The van der Waals surface area contributed by atoms with Crippen molar-refractivity contribution >= 4 is 28.9 Å². The first kappa shape index (κ1) is 23.3. The highest BCUT2D eigenvalue weighted by Gasteiger charge is 2.10. The SMILES string of the molecule is CC(C)Oc1cccc(C(=O)NC(=S)Nc2ccc(OCCCc3ccccc3)cc2)c1. The van der Waals surface area contributed by atoms with Crippen LogP contribution in [0.3, 0.4) is 0 Å². The Hall–Kier alpha value is -3.38. The van der Waals surface area contributed by atoms with E-state index in [9.17, 15) is 4.79 Å². The van der Waals surface area contributed by atoms with Gasteiger partial charge in [-0.3, -0.25) is 10.1 Å². The molecule has 6 heteroatoms. The van der Waals surface area contributed by atoms with E-state index < -0.39 is 0 Å². The third kappa shape index (κ3) is 7.71. The van der Waals surface area contributed by atoms with Gasteiger partial charge in [-0.25, -0.2) is 0 Å². The van der Waals surface area contributed by atoms with Crippen molar-refractivity contribution < 1.29 is 14.3 Å². The third-order valence-corrected chi connectivity index (χ3v) is 4.73. The minimum absolute atomic E-state index is 0.0341. The van der Waals surface area contributed by atoms with Gasteiger partial charge in [0.2, 0.25) is 0 Å². The number of nitrogens with one attached hydrogen (secondary N) is 2. The molecule has 5 nitrogen and oxygen atoms in total. The van der Waals surface area contributed by atoms with Crippen LogP contribution in [0.2, 0.25) is 0 Å². The van der Waals surface area contributed by atoms with E-state index in [0.717, 1.165) is 24.3 Å². The quantitative estimate of drug-likeness (QED) is 0.329. The maximum atomic E-state index is 12.5. The molecule has 0 heterocycles. The second kappa shape index (κ2) is 11.9. The lowest BCUT2D eigenvalue weighted by Gasteiger charge is -2.12. The summed E-state index contributed by atoms with van der Waals surface area (Å²) in [6.07, 6.45) is 1.97. The van der Waals surface area contributed by atoms with Crippen LogP contribution in [0.15, 0.2) is 78.9 Å². The molecule has 0 aliphatic rings. The van der Waals surface area contributed by atoms with Crippen LogP contribution in [0, 0.1) is 0 Å². The Labute approximate surface area is 194 Å². The predicted octanol–water partition coefficient (Wildman–Crippen LogP) is 5.61. The van der Waals surface area contributed by atoms with Gasteiger partial charge in [0, 0.05) is 11.3 Å². The number of carbonyl (C=O) groups excluding carboxylic acids is 1. The molecule has 3 aromatic carbocycles. The monoisotopic (exact) mass is 448 g/mol. The summed E-state index contributed by atoms with van der Waals surface area (Å²) in [4.78, 5) is 12.5. The summed E-state index contributed by atoms with van der Waals surface area (Å²) in [5.74, 6) is 1.14. The molecule has 2 N–H and O–H groups in total. The molecule has 3 aromatic rings. The molecule has 3 rings (SSSR count). The van der Waals surface area contributed by atoms with E-state index >= 15 is 0 Å². The molecule has 0 bridgehead atoms. The number of benzene rings is 3. The lowest BCUT2D eigenvalue weighted by molar-refractivity contribution is 0.0977. The van der Waals surface area contributed by atoms with Crippen molar-refractivity contribution in [3.8, 4) is 11.5 Å². The highest BCUT2D eigenvalue weighted by Crippen LogP contribution is 2.17. The van der Waals surface area contributed by atoms with Gasteiger partial charge in [0.25, 0.3) is 5.91 Å². The molecule has 0 unspecified atom stereocenters. The number of carbonyl (C=O) groups is 1. The molecule has 0 radical (unpaired) electrons. The molecule has 32 heavy (non-hydrogen) atoms. The predicted molar refractivity (Wildman–Crippen MR) is 133 cm³/mol. The van der Waals surface area contributed by atoms with E-state index in [0.29, 0.717) is 17.9 Å². The number of thiocarbonyl (C=S) groups is 1. The normalized spacial score (nSPS) is 10.5. The smallest absolute Gasteiger partial charge is 0.257 e. The van der Waals surface area contributed by atoms with Crippen molar-refractivity contribution in [2.45, 2.75) is 32.8 Å². The molecule has 0 aromatic heterocycles. The number of hydrogen-bond donors (Lipinski definition) is 2. The highest BCUT2D eigenvalue weighted by molar-refractivity contribution is 7.80. The molecule has 0 saturated carbocycles. The Morgan fingerprint density at radius 1 is 0.938 bits per heavy atom. The van der Waals surface area contributed by atoms with Crippen LogP contribution in [-0.2, 0) is 6.42 Å². The number of ether oxygens (including phenoxy) is 2. The molecule has 0 saturated heterocycles. The second-order valence-corrected chi connectivity index (χ2v) is 7.97. The van der Waals surface area contributed by atoms with Gasteiger partial charge < -0.3 is 14.8 Å². The van der Waals surface area contributed by atoms with E-state index in [-0.39, 0.29) is 17.1 Å². The first-order chi connectivity index (χ1) is 15.5. The summed E-state index contributed by atoms with van der Waals surface area (Å²) in [6.45, 7) is 4.52. The summed E-state index contributed by atoms with van der Waals surface area (Å²) >= 11 is 5.27. The highest BCUT2D eigenvalue weighted by atomic mass is 32.1. The Bertz CT molecular complexity index is 1020. The van der Waals surface area contributed by atoms with Gasteiger partial charge in [-0.1, -0.05) is 36.4 Å². The van der Waals surface area contributed by atoms with Crippen LogP contribution in [-0.4, -0.2) is 23.7 Å². The first-order valence-corrected chi connectivity index (χ1v) is 11.1. The van der Waals surface area contributed by atoms with Gasteiger partial charge in [0.15, 0.2) is 5.11 Å². The maximum Gasteiger partial charge on any atom is 0.257 e. The molecular formula is C26H28N2O3S. The van der Waals surface area contributed by atoms with Crippen LogP contribution < -0.4 is 20.1 Å². The van der Waals surface area contributed by atoms with Crippen LogP contribution in [0.25, 0.3) is 0 Å². The van der Waals surface area contributed by atoms with E-state index in [2.05, 4.69) is 22.8 Å². The third-order valence-electron chi connectivity index (χ3n) is 4.53. The van der Waals surface area contributed by atoms with Crippen LogP contribution >= 0.6 is 12.2 Å². The molecule has 1 amide bonds. The summed E-state index contributed by atoms with van der Waals surface area (Å²) in [5.41, 5.74) is 2.56. The Balaban J connectivity index is 1.43. The fourth-order valence-electron chi connectivity index (χ4n) is 3.07. The van der Waals surface area contributed by atoms with Crippen molar-refractivity contribution in [3.05, 3.63) is 90.0 Å². The van der Waals surface area contributed by atoms with Gasteiger partial charge in [-0.2, -0.15) is 0 Å². The summed E-state index contributed by atoms with van der Waals surface area (Å²) in [6, 6.07) is 24.9. The van der Waals surface area contributed by atoms with Gasteiger partial charge in [0.05, 0.1) is 12.7 Å². The average molecular weight is 449 g/mol. The van der Waals surface area contributed by atoms with Gasteiger partial charge in [-0.05, 0) is 86.9 Å². The van der Waals surface area contributed by atoms with Crippen molar-refractivity contribution in [3.63, 3.8) is 0 Å². The van der Waals surface area contributed by atoms with Gasteiger partial charge >= 0.3 is 0 Å². The Kier molecular flexibility index (Phi) is 8.63. The fraction of sp³-hybridized carbons (Fsp3) is 0.231. The van der Waals surface area contributed by atoms with Gasteiger partial charge in [-0.15, -0.1) is 0 Å². The van der Waals surface area contributed by atoms with E-state index in [1.807, 2.05) is 62.4 Å². The Morgan fingerprint density at radius 2 is 1.69 bits per heavy atom. The molecule has 0 fully saturated rings. The number of anilines is 1. The zero-order valence-corrected chi connectivity index (χ0v) is 19.2. The van der Waals surface area contributed by atoms with Crippen LogP contribution in [0.1, 0.15) is 36.2 Å². The van der Waals surface area contributed by atoms with E-state index in [4.69, 9.17) is 21.7 Å². The summed E-state index contributed by atoms with van der Waals surface area (Å²) in [7, 11) is 0. The fourth-order valence-corrected chi connectivity index (χ4v) is 3.28. The molecule has 0 aliphatic carbocycles. The van der Waals surface area contributed by atoms with Crippen molar-refractivity contribution in [1.29, 1.82) is 0 Å². The molecule has 0 aliphatic heterocycles. The van der Waals surface area contributed by atoms with E-state index in [1.54, 1.807) is 18.2 Å². The standard InChI is InChI=1S/C26H28N2O3S/c1-19(2)31-24-12-6-11-21(18-24)25(29)28-26(32)27-22-13-15-23(16-14-22)30-17-7-10-20-8-4-3-5-9-20/h3-6,8-9,11-16,18-19H,7,10,17H2,1-2H3,(H2,27,28,29,32). The number of aryl methyl sites for hydroxylation is 1. The summed E-state index contributed by atoms with van der Waals surface area (Å²) < 4.78 is 11.4. The largest absolute Gasteiger partial charge is 0.494 e. The van der Waals surface area contributed by atoms with Gasteiger partial charge in [0.1, 0.15) is 11.5 Å². The molecule has 0 spiro atoms. The van der Waals surface area contributed by atoms with Crippen molar-refractivity contribution in [1.82, 2.24) is 5.32 Å². The molecule has 166 valence electrons. The zero-order valence-electron chi connectivity index (χ0n) is 18.3. The van der Waals surface area contributed by atoms with E-state index in [1.165, 1.54) is 5.56 Å². The minimum Gasteiger partial charge on any atom is -0.494 e. The maximum absolute atomic E-state index is 12.5. The number of rotatable bonds is 9. The minimum atomic E-state index is -0.296. The second-order valence-electron chi connectivity index (χ2n) is 7.56. The molecular weight excluding hydrogens is 420 g/mol. The average Bonchev–Trinajstić information content (AvgIpc) is 2.78. The zero-order chi connectivity index (χ0) is 22.8. The number of hydrogen-bond acceptors (Lipinski definition) is 4. The van der Waals surface area contributed by atoms with Crippen LogP contribution in [0.4, 0.5) is 5.69 Å². The summed E-state index contributed by atoms with van der Waals surface area (Å²) in [5, 5.41) is 5.93.